The highest BCUT2D eigenvalue weighted by molar-refractivity contribution is 6.00. The molecule has 4 rings (SSSR count). The number of aryl methyl sites for hydroxylation is 1. The van der Waals surface area contributed by atoms with E-state index >= 15 is 4.39 Å². The number of aromatic nitrogens is 2. The number of fused-ring (bicyclic) bond motifs is 1. The molecule has 3 unspecified atom stereocenters. The summed E-state index contributed by atoms with van der Waals surface area (Å²) < 4.78 is 29.8. The van der Waals surface area contributed by atoms with Crippen LogP contribution >= 0.6 is 0 Å². The fourth-order valence-electron chi connectivity index (χ4n) is 6.53. The number of benzene rings is 1. The summed E-state index contributed by atoms with van der Waals surface area (Å²) in [6.45, 7) is 7.62. The van der Waals surface area contributed by atoms with Crippen molar-refractivity contribution in [3.05, 3.63) is 40.5 Å². The van der Waals surface area contributed by atoms with Gasteiger partial charge in [-0.1, -0.05) is 27.2 Å². The summed E-state index contributed by atoms with van der Waals surface area (Å²) in [5, 5.41) is 7.82. The highest BCUT2D eigenvalue weighted by Crippen LogP contribution is 2.39. The number of hydrogen-bond donors (Lipinski definition) is 2. The summed E-state index contributed by atoms with van der Waals surface area (Å²) in [6.07, 6.45) is 2.74. The predicted octanol–water partition coefficient (Wildman–Crippen LogP) is 1.13. The smallest absolute Gasteiger partial charge is 0.310 e. The number of hydrogen-bond acceptors (Lipinski definition) is 8. The number of halogens is 2. The molecule has 2 aromatic rings. The largest absolute Gasteiger partial charge is 1.00 e. The average molecular weight is 664 g/mol. The van der Waals surface area contributed by atoms with Gasteiger partial charge in [0.15, 0.2) is 17.7 Å². The molecule has 1 aromatic heterocycles. The van der Waals surface area contributed by atoms with Crippen LogP contribution in [0.15, 0.2) is 12.1 Å². The minimum Gasteiger partial charge on any atom is -1.00 e. The highest BCUT2D eigenvalue weighted by atomic mass is 35.5. The lowest BCUT2D eigenvalue weighted by Crippen LogP contribution is -3.00. The van der Waals surface area contributed by atoms with Gasteiger partial charge < -0.3 is 37.4 Å². The average Bonchev–Trinajstić information content (AvgIpc) is 3.26. The molecule has 13 heteroatoms. The van der Waals surface area contributed by atoms with Gasteiger partial charge in [0.05, 0.1) is 61.8 Å². The summed E-state index contributed by atoms with van der Waals surface area (Å²) in [4.78, 5) is 50.3. The molecular weight excluding hydrogens is 617 g/mol. The molecule has 1 heterocycles. The van der Waals surface area contributed by atoms with Crippen molar-refractivity contribution in [1.29, 1.82) is 0 Å². The van der Waals surface area contributed by atoms with Crippen LogP contribution in [0.5, 0.6) is 0 Å². The minimum absolute atomic E-state index is 0. The van der Waals surface area contributed by atoms with Crippen molar-refractivity contribution in [3.63, 3.8) is 0 Å². The van der Waals surface area contributed by atoms with Gasteiger partial charge in [0, 0.05) is 13.3 Å². The van der Waals surface area contributed by atoms with E-state index in [1.54, 1.807) is 0 Å². The maximum absolute atomic E-state index is 16.6. The molecule has 0 spiro atoms. The lowest BCUT2D eigenvalue weighted by molar-refractivity contribution is -0.873. The number of likely N-dealkylation sites (N-methyl/N-ethyl adjacent to an activating group) is 1. The SMILES string of the molecule is CCc1nn(-c2ccc(C(N)=O)c(NC3CCCCC3OC(=O)CC(C[N+](C)(C)C)OC(C)=O)c2F)c2c1C(=O)CC(C)(C)C2.[Cl-]. The number of esters is 2. The van der Waals surface area contributed by atoms with Crippen LogP contribution < -0.4 is 23.5 Å². The van der Waals surface area contributed by atoms with E-state index in [0.29, 0.717) is 60.1 Å². The van der Waals surface area contributed by atoms with E-state index in [0.717, 1.165) is 12.8 Å². The molecule has 11 nitrogen and oxygen atoms in total. The number of quaternary nitrogens is 1. The Morgan fingerprint density at radius 2 is 1.85 bits per heavy atom. The maximum atomic E-state index is 16.6. The van der Waals surface area contributed by atoms with Crippen molar-refractivity contribution in [2.45, 2.75) is 97.3 Å². The van der Waals surface area contributed by atoms with E-state index in [1.807, 2.05) is 41.9 Å². The molecule has 1 amide bonds. The summed E-state index contributed by atoms with van der Waals surface area (Å²) in [5.41, 5.74) is 7.11. The number of carbonyl (C=O) groups is 4. The number of nitrogens with two attached hydrogens (primary N) is 1. The van der Waals surface area contributed by atoms with Crippen LogP contribution in [-0.4, -0.2) is 83.8 Å². The van der Waals surface area contributed by atoms with Crippen molar-refractivity contribution < 1.29 is 49.9 Å². The fourth-order valence-corrected chi connectivity index (χ4v) is 6.53. The molecule has 3 N–H and O–H groups in total. The predicted molar refractivity (Wildman–Crippen MR) is 167 cm³/mol. The Balaban J connectivity index is 0.00000576. The van der Waals surface area contributed by atoms with Gasteiger partial charge in [-0.25, -0.2) is 9.07 Å². The van der Waals surface area contributed by atoms with E-state index in [2.05, 4.69) is 10.4 Å². The van der Waals surface area contributed by atoms with E-state index in [4.69, 9.17) is 15.2 Å². The first kappa shape index (κ1) is 37.0. The van der Waals surface area contributed by atoms with E-state index < -0.39 is 41.9 Å². The van der Waals surface area contributed by atoms with E-state index in [9.17, 15) is 19.2 Å². The van der Waals surface area contributed by atoms with Gasteiger partial charge in [-0.15, -0.1) is 0 Å². The van der Waals surface area contributed by atoms with Crippen molar-refractivity contribution >= 4 is 29.3 Å². The Labute approximate surface area is 276 Å². The lowest BCUT2D eigenvalue weighted by Gasteiger charge is -2.34. The number of nitrogens with one attached hydrogen (secondary N) is 1. The highest BCUT2D eigenvalue weighted by Gasteiger charge is 2.38. The molecule has 1 saturated carbocycles. The second-order valence-electron chi connectivity index (χ2n) is 14.1. The molecule has 46 heavy (non-hydrogen) atoms. The molecule has 0 radical (unpaired) electrons. The van der Waals surface area contributed by atoms with Crippen LogP contribution in [0.4, 0.5) is 10.1 Å². The number of rotatable bonds is 11. The Kier molecular flexibility index (Phi) is 11.6. The normalized spacial score (nSPS) is 19.8. The van der Waals surface area contributed by atoms with Crippen LogP contribution in [0.25, 0.3) is 5.69 Å². The van der Waals surface area contributed by atoms with Crippen molar-refractivity contribution in [2.24, 2.45) is 11.1 Å². The third-order valence-electron chi connectivity index (χ3n) is 8.36. The van der Waals surface area contributed by atoms with Gasteiger partial charge in [-0.05, 0) is 49.7 Å². The zero-order chi connectivity index (χ0) is 33.3. The van der Waals surface area contributed by atoms with Crippen LogP contribution in [-0.2, 0) is 31.9 Å². The molecule has 0 aliphatic heterocycles. The second-order valence-corrected chi connectivity index (χ2v) is 14.1. The molecule has 0 bridgehead atoms. The van der Waals surface area contributed by atoms with Gasteiger partial charge >= 0.3 is 11.9 Å². The van der Waals surface area contributed by atoms with Crippen molar-refractivity contribution in [2.75, 3.05) is 33.0 Å². The number of amides is 1. The Morgan fingerprint density at radius 1 is 1.17 bits per heavy atom. The molecule has 254 valence electrons. The number of ketones is 1. The molecule has 0 saturated heterocycles. The Bertz CT molecular complexity index is 1480. The van der Waals surface area contributed by atoms with Crippen molar-refractivity contribution in [1.82, 2.24) is 9.78 Å². The zero-order valence-electron chi connectivity index (χ0n) is 27.9. The van der Waals surface area contributed by atoms with Crippen LogP contribution in [0.1, 0.15) is 98.3 Å². The van der Waals surface area contributed by atoms with Crippen LogP contribution in [0, 0.1) is 11.2 Å². The van der Waals surface area contributed by atoms with Gasteiger partial charge in [0.2, 0.25) is 0 Å². The Hall–Kier alpha value is -3.51. The van der Waals surface area contributed by atoms with Gasteiger partial charge in [-0.2, -0.15) is 5.10 Å². The van der Waals surface area contributed by atoms with E-state index in [-0.39, 0.29) is 47.0 Å². The van der Waals surface area contributed by atoms with Gasteiger partial charge in [0.1, 0.15) is 18.3 Å². The summed E-state index contributed by atoms with van der Waals surface area (Å²) in [6, 6.07) is 2.41. The summed E-state index contributed by atoms with van der Waals surface area (Å²) in [7, 11) is 5.80. The first-order valence-corrected chi connectivity index (χ1v) is 15.7. The molecular formula is C33H47ClFN5O6. The maximum Gasteiger partial charge on any atom is 0.310 e. The third-order valence-corrected chi connectivity index (χ3v) is 8.36. The minimum atomic E-state index is -0.815. The Morgan fingerprint density at radius 3 is 2.46 bits per heavy atom. The summed E-state index contributed by atoms with van der Waals surface area (Å²) in [5.74, 6) is -2.57. The molecule has 3 atom stereocenters. The van der Waals surface area contributed by atoms with Crippen LogP contribution in [0.2, 0.25) is 0 Å². The second kappa shape index (κ2) is 14.5. The number of Topliss-reactive ketones (excluding diaryl/α,β-unsaturated/α-hetero) is 1. The zero-order valence-corrected chi connectivity index (χ0v) is 28.6. The monoisotopic (exact) mass is 663 g/mol. The fraction of sp³-hybridized carbons (Fsp3) is 0.606. The van der Waals surface area contributed by atoms with E-state index in [1.165, 1.54) is 23.7 Å². The van der Waals surface area contributed by atoms with Gasteiger partial charge in [0.25, 0.3) is 5.91 Å². The number of primary amides is 1. The molecule has 1 fully saturated rings. The van der Waals surface area contributed by atoms with Crippen molar-refractivity contribution in [3.8, 4) is 5.69 Å². The number of carbonyl (C=O) groups excluding carboxylic acids is 4. The number of nitrogens with zero attached hydrogens (tertiary/aromatic N) is 3. The number of anilines is 1. The molecule has 2 aliphatic carbocycles. The molecule has 2 aliphatic rings. The number of ether oxygens (including phenoxy) is 2. The topological polar surface area (TPSA) is 143 Å². The quantitative estimate of drug-likeness (QED) is 0.269. The first-order valence-electron chi connectivity index (χ1n) is 15.7. The lowest BCUT2D eigenvalue weighted by atomic mass is 9.75. The molecule has 1 aromatic carbocycles. The van der Waals surface area contributed by atoms with Gasteiger partial charge in [-0.3, -0.25) is 19.2 Å². The first-order chi connectivity index (χ1) is 21.0. The standard InChI is InChI=1S/C33H46FN5O6.ClH/c1-8-22-29-25(16-33(3,4)17-26(29)41)38(37-22)24-14-13-21(32(35)43)31(30(24)34)36-23-11-9-10-12-27(23)45-28(42)15-20(44-19(2)40)18-39(5,6)7;/h13-14,20,23,27H,8-12,15-18H2,1-7H3,(H2-,35,36,43);1H. The third kappa shape index (κ3) is 8.64. The van der Waals surface area contributed by atoms with Crippen LogP contribution in [0.3, 0.4) is 0 Å². The summed E-state index contributed by atoms with van der Waals surface area (Å²) >= 11 is 0.